The van der Waals surface area contributed by atoms with E-state index < -0.39 is 0 Å². The molecule has 0 aliphatic rings. The average Bonchev–Trinajstić information content (AvgIpc) is 2.87. The standard InChI is InChI=1S/C27H30N4O3/c1-3-19(2)30-27(34)22-12-8-14-24(16-22)31-25(32)18-28-23-13-7-11-21(15-23)26(33)29-17-20-9-5-4-6-10-20/h4-16,19,28H,3,17-18H2,1-2H3,(H,29,33)(H,30,34)(H,31,32). The van der Waals surface area contributed by atoms with E-state index in [0.29, 0.717) is 29.0 Å². The highest BCUT2D eigenvalue weighted by atomic mass is 16.2. The SMILES string of the molecule is CCC(C)NC(=O)c1cccc(NC(=O)CNc2cccc(C(=O)NCc3ccccc3)c2)c1. The third-order valence-corrected chi connectivity index (χ3v) is 5.27. The maximum absolute atomic E-state index is 12.5. The van der Waals surface area contributed by atoms with E-state index in [1.165, 1.54) is 0 Å². The highest BCUT2D eigenvalue weighted by Crippen LogP contribution is 2.13. The molecule has 34 heavy (non-hydrogen) atoms. The molecule has 0 spiro atoms. The van der Waals surface area contributed by atoms with Gasteiger partial charge in [-0.3, -0.25) is 14.4 Å². The monoisotopic (exact) mass is 458 g/mol. The van der Waals surface area contributed by atoms with Gasteiger partial charge in [0.15, 0.2) is 0 Å². The van der Waals surface area contributed by atoms with E-state index in [2.05, 4.69) is 21.3 Å². The first kappa shape index (κ1) is 24.5. The normalized spacial score (nSPS) is 11.2. The zero-order valence-corrected chi connectivity index (χ0v) is 19.4. The fourth-order valence-corrected chi connectivity index (χ4v) is 3.19. The van der Waals surface area contributed by atoms with Crippen molar-refractivity contribution < 1.29 is 14.4 Å². The number of carbonyl (C=O) groups excluding carboxylic acids is 3. The molecule has 0 heterocycles. The minimum Gasteiger partial charge on any atom is -0.376 e. The van der Waals surface area contributed by atoms with E-state index in [0.717, 1.165) is 12.0 Å². The Hall–Kier alpha value is -4.13. The number of anilines is 2. The van der Waals surface area contributed by atoms with Crippen LogP contribution in [-0.2, 0) is 11.3 Å². The summed E-state index contributed by atoms with van der Waals surface area (Å²) in [7, 11) is 0. The third-order valence-electron chi connectivity index (χ3n) is 5.27. The third kappa shape index (κ3) is 7.48. The number of amides is 3. The number of nitrogens with one attached hydrogen (secondary N) is 4. The molecule has 1 unspecified atom stereocenters. The molecule has 3 aromatic carbocycles. The van der Waals surface area contributed by atoms with E-state index in [4.69, 9.17) is 0 Å². The fourth-order valence-electron chi connectivity index (χ4n) is 3.19. The topological polar surface area (TPSA) is 99.3 Å². The minimum absolute atomic E-state index is 0.0123. The molecule has 0 radical (unpaired) electrons. The van der Waals surface area contributed by atoms with Gasteiger partial charge in [0.1, 0.15) is 0 Å². The summed E-state index contributed by atoms with van der Waals surface area (Å²) < 4.78 is 0. The molecule has 7 nitrogen and oxygen atoms in total. The van der Waals surface area contributed by atoms with Gasteiger partial charge in [-0.1, -0.05) is 49.4 Å². The van der Waals surface area contributed by atoms with Gasteiger partial charge in [-0.25, -0.2) is 0 Å². The number of hydrogen-bond donors (Lipinski definition) is 4. The molecular formula is C27H30N4O3. The average molecular weight is 459 g/mol. The van der Waals surface area contributed by atoms with E-state index in [1.807, 2.05) is 44.2 Å². The Morgan fingerprint density at radius 1 is 0.794 bits per heavy atom. The second-order valence-corrected chi connectivity index (χ2v) is 8.01. The number of rotatable bonds is 10. The summed E-state index contributed by atoms with van der Waals surface area (Å²) in [5.41, 5.74) is 3.20. The maximum Gasteiger partial charge on any atom is 0.251 e. The van der Waals surface area contributed by atoms with Gasteiger partial charge in [0, 0.05) is 35.1 Å². The molecule has 7 heteroatoms. The summed E-state index contributed by atoms with van der Waals surface area (Å²) >= 11 is 0. The first-order valence-electron chi connectivity index (χ1n) is 11.3. The van der Waals surface area contributed by atoms with Crippen LogP contribution in [0.1, 0.15) is 46.5 Å². The summed E-state index contributed by atoms with van der Waals surface area (Å²) in [5.74, 6) is -0.631. The van der Waals surface area contributed by atoms with Crippen molar-refractivity contribution in [3.63, 3.8) is 0 Å². The predicted octanol–water partition coefficient (Wildman–Crippen LogP) is 4.20. The zero-order valence-electron chi connectivity index (χ0n) is 19.4. The van der Waals surface area contributed by atoms with Crippen molar-refractivity contribution in [2.75, 3.05) is 17.2 Å². The molecule has 0 aliphatic carbocycles. The Morgan fingerprint density at radius 2 is 1.44 bits per heavy atom. The Labute approximate surface area is 200 Å². The molecule has 0 bridgehead atoms. The van der Waals surface area contributed by atoms with E-state index >= 15 is 0 Å². The van der Waals surface area contributed by atoms with Gasteiger partial charge in [0.2, 0.25) is 5.91 Å². The largest absolute Gasteiger partial charge is 0.376 e. The second-order valence-electron chi connectivity index (χ2n) is 8.01. The van der Waals surface area contributed by atoms with Crippen molar-refractivity contribution in [1.82, 2.24) is 10.6 Å². The lowest BCUT2D eigenvalue weighted by molar-refractivity contribution is -0.114. The Morgan fingerprint density at radius 3 is 2.15 bits per heavy atom. The van der Waals surface area contributed by atoms with Gasteiger partial charge >= 0.3 is 0 Å². The lowest BCUT2D eigenvalue weighted by Crippen LogP contribution is -2.32. The van der Waals surface area contributed by atoms with Gasteiger partial charge in [0.25, 0.3) is 11.8 Å². The number of hydrogen-bond acceptors (Lipinski definition) is 4. The van der Waals surface area contributed by atoms with Gasteiger partial charge < -0.3 is 21.3 Å². The lowest BCUT2D eigenvalue weighted by Gasteiger charge is -2.13. The fraction of sp³-hybridized carbons (Fsp3) is 0.222. The van der Waals surface area contributed by atoms with Crippen LogP contribution in [0.5, 0.6) is 0 Å². The van der Waals surface area contributed by atoms with Crippen molar-refractivity contribution in [1.29, 1.82) is 0 Å². The predicted molar refractivity (Wildman–Crippen MR) is 135 cm³/mol. The molecule has 0 aliphatic heterocycles. The van der Waals surface area contributed by atoms with Crippen LogP contribution in [0.2, 0.25) is 0 Å². The number of carbonyl (C=O) groups is 3. The van der Waals surface area contributed by atoms with Crippen LogP contribution in [0.4, 0.5) is 11.4 Å². The quantitative estimate of drug-likeness (QED) is 0.366. The Balaban J connectivity index is 1.52. The molecule has 3 rings (SSSR count). The van der Waals surface area contributed by atoms with Crippen LogP contribution in [0, 0.1) is 0 Å². The summed E-state index contributed by atoms with van der Waals surface area (Å²) in [5, 5.41) is 11.6. The first-order valence-corrected chi connectivity index (χ1v) is 11.3. The van der Waals surface area contributed by atoms with Crippen LogP contribution in [-0.4, -0.2) is 30.3 Å². The molecule has 1 atom stereocenters. The van der Waals surface area contributed by atoms with E-state index in [1.54, 1.807) is 48.5 Å². The Bertz CT molecular complexity index is 1130. The molecular weight excluding hydrogens is 428 g/mol. The highest BCUT2D eigenvalue weighted by molar-refractivity contribution is 5.98. The van der Waals surface area contributed by atoms with Crippen molar-refractivity contribution in [2.45, 2.75) is 32.9 Å². The summed E-state index contributed by atoms with van der Waals surface area (Å²) in [6, 6.07) is 23.5. The van der Waals surface area contributed by atoms with Crippen molar-refractivity contribution >= 4 is 29.1 Å². The zero-order chi connectivity index (χ0) is 24.3. The maximum atomic E-state index is 12.5. The summed E-state index contributed by atoms with van der Waals surface area (Å²) in [6.07, 6.45) is 0.837. The second kappa shape index (κ2) is 12.2. The molecule has 0 aromatic heterocycles. The molecule has 176 valence electrons. The van der Waals surface area contributed by atoms with Gasteiger partial charge in [0.05, 0.1) is 6.54 Å². The van der Waals surface area contributed by atoms with Gasteiger partial charge in [-0.05, 0) is 55.3 Å². The van der Waals surface area contributed by atoms with Crippen LogP contribution in [0.15, 0.2) is 78.9 Å². The van der Waals surface area contributed by atoms with Crippen molar-refractivity contribution in [3.05, 3.63) is 95.6 Å². The molecule has 3 amide bonds. The molecule has 0 fully saturated rings. The van der Waals surface area contributed by atoms with Gasteiger partial charge in [-0.15, -0.1) is 0 Å². The van der Waals surface area contributed by atoms with Crippen molar-refractivity contribution in [2.24, 2.45) is 0 Å². The molecule has 0 saturated carbocycles. The summed E-state index contributed by atoms with van der Waals surface area (Å²) in [4.78, 5) is 37.2. The van der Waals surface area contributed by atoms with Crippen LogP contribution >= 0.6 is 0 Å². The van der Waals surface area contributed by atoms with Gasteiger partial charge in [-0.2, -0.15) is 0 Å². The number of benzene rings is 3. The van der Waals surface area contributed by atoms with Crippen LogP contribution in [0.25, 0.3) is 0 Å². The molecule has 0 saturated heterocycles. The van der Waals surface area contributed by atoms with Crippen molar-refractivity contribution in [3.8, 4) is 0 Å². The summed E-state index contributed by atoms with van der Waals surface area (Å²) in [6.45, 7) is 4.39. The highest BCUT2D eigenvalue weighted by Gasteiger charge is 2.11. The van der Waals surface area contributed by atoms with E-state index in [-0.39, 0.29) is 30.3 Å². The Kier molecular flexibility index (Phi) is 8.80. The molecule has 4 N–H and O–H groups in total. The van der Waals surface area contributed by atoms with Crippen LogP contribution < -0.4 is 21.3 Å². The smallest absolute Gasteiger partial charge is 0.251 e. The van der Waals surface area contributed by atoms with Crippen LogP contribution in [0.3, 0.4) is 0 Å². The lowest BCUT2D eigenvalue weighted by atomic mass is 10.1. The first-order chi connectivity index (χ1) is 16.4. The van der Waals surface area contributed by atoms with E-state index in [9.17, 15) is 14.4 Å². The molecule has 3 aromatic rings. The minimum atomic E-state index is -0.265.